The van der Waals surface area contributed by atoms with Crippen LogP contribution in [-0.4, -0.2) is 36.5 Å². The summed E-state index contributed by atoms with van der Waals surface area (Å²) >= 11 is 0. The lowest BCUT2D eigenvalue weighted by Gasteiger charge is -2.28. The van der Waals surface area contributed by atoms with Gasteiger partial charge in [0.25, 0.3) is 0 Å². The molecule has 0 radical (unpaired) electrons. The van der Waals surface area contributed by atoms with Crippen LogP contribution in [0.3, 0.4) is 0 Å². The van der Waals surface area contributed by atoms with Crippen molar-refractivity contribution < 1.29 is 14.3 Å². The molecule has 1 aliphatic carbocycles. The van der Waals surface area contributed by atoms with Crippen molar-refractivity contribution in [1.82, 2.24) is 4.90 Å². The van der Waals surface area contributed by atoms with Crippen molar-refractivity contribution in [3.05, 3.63) is 0 Å². The molecule has 4 heteroatoms. The van der Waals surface area contributed by atoms with Crippen molar-refractivity contribution >= 4 is 11.9 Å². The van der Waals surface area contributed by atoms with Gasteiger partial charge in [0, 0.05) is 13.5 Å². The molecule has 1 fully saturated rings. The summed E-state index contributed by atoms with van der Waals surface area (Å²) in [4.78, 5) is 24.3. The third-order valence-electron chi connectivity index (χ3n) is 2.55. The molecule has 1 atom stereocenters. The number of ether oxygens (including phenoxy) is 1. The van der Waals surface area contributed by atoms with Gasteiger partial charge in [-0.3, -0.25) is 4.79 Å². The zero-order valence-corrected chi connectivity index (χ0v) is 8.78. The molecule has 0 saturated heterocycles. The molecule has 4 nitrogen and oxygen atoms in total. The minimum absolute atomic E-state index is 0.159. The number of rotatable bonds is 2. The normalized spacial score (nSPS) is 21.9. The van der Waals surface area contributed by atoms with Crippen molar-refractivity contribution in [1.29, 1.82) is 0 Å². The summed E-state index contributed by atoms with van der Waals surface area (Å²) in [6.07, 6.45) is 2.93. The molecule has 0 aromatic rings. The predicted molar refractivity (Wildman–Crippen MR) is 52.0 cm³/mol. The SMILES string of the molecule is CCOC(=O)N(C)C1CCCCC1=O. The lowest BCUT2D eigenvalue weighted by molar-refractivity contribution is -0.125. The van der Waals surface area contributed by atoms with Crippen molar-refractivity contribution in [3.8, 4) is 0 Å². The van der Waals surface area contributed by atoms with Gasteiger partial charge in [-0.1, -0.05) is 6.42 Å². The van der Waals surface area contributed by atoms with Gasteiger partial charge in [0.2, 0.25) is 0 Å². The van der Waals surface area contributed by atoms with E-state index in [1.807, 2.05) is 0 Å². The maximum Gasteiger partial charge on any atom is 0.410 e. The van der Waals surface area contributed by atoms with E-state index in [0.717, 1.165) is 19.3 Å². The number of ketones is 1. The van der Waals surface area contributed by atoms with Crippen LogP contribution in [0, 0.1) is 0 Å². The molecule has 0 N–H and O–H groups in total. The lowest BCUT2D eigenvalue weighted by atomic mass is 9.93. The van der Waals surface area contributed by atoms with Crippen LogP contribution in [0.15, 0.2) is 0 Å². The van der Waals surface area contributed by atoms with Gasteiger partial charge in [0.1, 0.15) is 0 Å². The zero-order chi connectivity index (χ0) is 10.6. The molecule has 1 amide bonds. The average Bonchev–Trinajstić information content (AvgIpc) is 2.18. The summed E-state index contributed by atoms with van der Waals surface area (Å²) in [6, 6.07) is -0.261. The van der Waals surface area contributed by atoms with Gasteiger partial charge in [0.05, 0.1) is 12.6 Å². The number of carbonyl (C=O) groups excluding carboxylic acids is 2. The fraction of sp³-hybridized carbons (Fsp3) is 0.800. The maximum atomic E-state index is 11.5. The van der Waals surface area contributed by atoms with Crippen LogP contribution in [0.4, 0.5) is 4.79 Å². The first-order valence-electron chi connectivity index (χ1n) is 5.09. The molecular weight excluding hydrogens is 182 g/mol. The van der Waals surface area contributed by atoms with Gasteiger partial charge in [0.15, 0.2) is 5.78 Å². The molecule has 0 heterocycles. The molecule has 0 aliphatic heterocycles. The summed E-state index contributed by atoms with van der Waals surface area (Å²) in [7, 11) is 1.63. The first kappa shape index (κ1) is 11.0. The number of likely N-dealkylation sites (N-methyl/N-ethyl adjacent to an activating group) is 1. The second kappa shape index (κ2) is 4.98. The minimum Gasteiger partial charge on any atom is -0.450 e. The monoisotopic (exact) mass is 199 g/mol. The zero-order valence-electron chi connectivity index (χ0n) is 8.78. The Balaban J connectivity index is 2.53. The molecule has 0 bridgehead atoms. The van der Waals surface area contributed by atoms with E-state index >= 15 is 0 Å². The molecule has 0 spiro atoms. The molecular formula is C10H17NO3. The first-order valence-corrected chi connectivity index (χ1v) is 5.09. The largest absolute Gasteiger partial charge is 0.450 e. The topological polar surface area (TPSA) is 46.6 Å². The number of carbonyl (C=O) groups is 2. The number of Topliss-reactive ketones (excluding diaryl/α,β-unsaturated/α-hetero) is 1. The Labute approximate surface area is 84.2 Å². The third kappa shape index (κ3) is 2.47. The number of amides is 1. The Hall–Kier alpha value is -1.06. The maximum absolute atomic E-state index is 11.5. The molecule has 80 valence electrons. The fourth-order valence-corrected chi connectivity index (χ4v) is 1.73. The van der Waals surface area contributed by atoms with E-state index in [2.05, 4.69) is 0 Å². The summed E-state index contributed by atoms with van der Waals surface area (Å²) in [5, 5.41) is 0. The Morgan fingerprint density at radius 3 is 2.86 bits per heavy atom. The molecule has 0 aromatic heterocycles. The summed E-state index contributed by atoms with van der Waals surface area (Å²) in [5.41, 5.74) is 0. The van der Waals surface area contributed by atoms with Crippen LogP contribution >= 0.6 is 0 Å². The highest BCUT2D eigenvalue weighted by molar-refractivity contribution is 5.87. The Bertz CT molecular complexity index is 227. The van der Waals surface area contributed by atoms with Gasteiger partial charge < -0.3 is 9.64 Å². The Morgan fingerprint density at radius 1 is 1.57 bits per heavy atom. The molecule has 1 aliphatic rings. The second-order valence-corrected chi connectivity index (χ2v) is 3.54. The Kier molecular flexibility index (Phi) is 3.92. The minimum atomic E-state index is -0.396. The predicted octanol–water partition coefficient (Wildman–Crippen LogP) is 1.59. The van der Waals surface area contributed by atoms with E-state index in [1.54, 1.807) is 14.0 Å². The van der Waals surface area contributed by atoms with Crippen LogP contribution in [-0.2, 0) is 9.53 Å². The average molecular weight is 199 g/mol. The quantitative estimate of drug-likeness (QED) is 0.678. The van der Waals surface area contributed by atoms with E-state index in [-0.39, 0.29) is 11.8 Å². The molecule has 1 saturated carbocycles. The van der Waals surface area contributed by atoms with E-state index in [0.29, 0.717) is 13.0 Å². The molecule has 14 heavy (non-hydrogen) atoms. The van der Waals surface area contributed by atoms with Crippen LogP contribution in [0.1, 0.15) is 32.6 Å². The Morgan fingerprint density at radius 2 is 2.29 bits per heavy atom. The van der Waals surface area contributed by atoms with E-state index in [1.165, 1.54) is 4.90 Å². The van der Waals surface area contributed by atoms with Crippen LogP contribution < -0.4 is 0 Å². The third-order valence-corrected chi connectivity index (χ3v) is 2.55. The van der Waals surface area contributed by atoms with Crippen molar-refractivity contribution in [2.75, 3.05) is 13.7 Å². The van der Waals surface area contributed by atoms with Crippen LogP contribution in [0.25, 0.3) is 0 Å². The number of nitrogens with zero attached hydrogens (tertiary/aromatic N) is 1. The standard InChI is InChI=1S/C10H17NO3/c1-3-14-10(13)11(2)8-6-4-5-7-9(8)12/h8H,3-7H2,1-2H3. The van der Waals surface area contributed by atoms with Crippen LogP contribution in [0.5, 0.6) is 0 Å². The van der Waals surface area contributed by atoms with Gasteiger partial charge in [-0.2, -0.15) is 0 Å². The van der Waals surface area contributed by atoms with Crippen LogP contribution in [0.2, 0.25) is 0 Å². The smallest absolute Gasteiger partial charge is 0.410 e. The molecule has 1 rings (SSSR count). The summed E-state index contributed by atoms with van der Waals surface area (Å²) in [6.45, 7) is 2.11. The van der Waals surface area contributed by atoms with Gasteiger partial charge in [-0.25, -0.2) is 4.79 Å². The van der Waals surface area contributed by atoms with E-state index < -0.39 is 6.09 Å². The highest BCUT2D eigenvalue weighted by Crippen LogP contribution is 2.19. The number of hydrogen-bond donors (Lipinski definition) is 0. The first-order chi connectivity index (χ1) is 6.66. The fourth-order valence-electron chi connectivity index (χ4n) is 1.73. The second-order valence-electron chi connectivity index (χ2n) is 3.54. The van der Waals surface area contributed by atoms with Crippen molar-refractivity contribution in [2.45, 2.75) is 38.6 Å². The van der Waals surface area contributed by atoms with Gasteiger partial charge in [-0.05, 0) is 19.8 Å². The van der Waals surface area contributed by atoms with Crippen molar-refractivity contribution in [3.63, 3.8) is 0 Å². The number of hydrogen-bond acceptors (Lipinski definition) is 3. The summed E-state index contributed by atoms with van der Waals surface area (Å²) < 4.78 is 4.84. The lowest BCUT2D eigenvalue weighted by Crippen LogP contribution is -2.44. The molecule has 0 aromatic carbocycles. The van der Waals surface area contributed by atoms with Gasteiger partial charge in [-0.15, -0.1) is 0 Å². The van der Waals surface area contributed by atoms with Crippen molar-refractivity contribution in [2.24, 2.45) is 0 Å². The highest BCUT2D eigenvalue weighted by Gasteiger charge is 2.29. The van der Waals surface area contributed by atoms with E-state index in [4.69, 9.17) is 4.74 Å². The molecule has 1 unspecified atom stereocenters. The highest BCUT2D eigenvalue weighted by atomic mass is 16.6. The van der Waals surface area contributed by atoms with E-state index in [9.17, 15) is 9.59 Å². The van der Waals surface area contributed by atoms with Gasteiger partial charge >= 0.3 is 6.09 Å². The summed E-state index contributed by atoms with van der Waals surface area (Å²) in [5.74, 6) is 0.159.